The van der Waals surface area contributed by atoms with Crippen molar-refractivity contribution in [2.75, 3.05) is 25.5 Å². The molecule has 0 aliphatic rings. The molecule has 0 aromatic heterocycles. The molecule has 2 rings (SSSR count). The summed E-state index contributed by atoms with van der Waals surface area (Å²) < 4.78 is 0. The average Bonchev–Trinajstić information content (AvgIpc) is 2.56. The highest BCUT2D eigenvalue weighted by Gasteiger charge is 2.10. The van der Waals surface area contributed by atoms with Crippen molar-refractivity contribution in [3.63, 3.8) is 0 Å². The third kappa shape index (κ3) is 5.44. The van der Waals surface area contributed by atoms with Gasteiger partial charge in [0.2, 0.25) is 5.91 Å². The van der Waals surface area contributed by atoms with Crippen LogP contribution in [0.1, 0.15) is 30.4 Å². The number of rotatable bonds is 7. The molecule has 3 nitrogen and oxygen atoms in total. The molecule has 23 heavy (non-hydrogen) atoms. The second-order valence-corrected chi connectivity index (χ2v) is 6.18. The highest BCUT2D eigenvalue weighted by Crippen LogP contribution is 2.18. The fourth-order valence-electron chi connectivity index (χ4n) is 2.56. The molecule has 0 spiro atoms. The SMILES string of the molecule is CC(CC(=O)NCCc1ccc(N(C)C)cc1)c1ccccc1. The van der Waals surface area contributed by atoms with Gasteiger partial charge >= 0.3 is 0 Å². The Hall–Kier alpha value is -2.29. The minimum atomic E-state index is 0.117. The van der Waals surface area contributed by atoms with E-state index in [1.165, 1.54) is 16.8 Å². The van der Waals surface area contributed by atoms with Gasteiger partial charge in [0.25, 0.3) is 0 Å². The number of nitrogens with zero attached hydrogens (tertiary/aromatic N) is 1. The van der Waals surface area contributed by atoms with E-state index in [0.29, 0.717) is 13.0 Å². The summed E-state index contributed by atoms with van der Waals surface area (Å²) in [6.45, 7) is 2.77. The van der Waals surface area contributed by atoms with Crippen molar-refractivity contribution in [2.45, 2.75) is 25.7 Å². The van der Waals surface area contributed by atoms with E-state index in [4.69, 9.17) is 0 Å². The van der Waals surface area contributed by atoms with Crippen LogP contribution in [0.4, 0.5) is 5.69 Å². The van der Waals surface area contributed by atoms with Gasteiger partial charge in [0.15, 0.2) is 0 Å². The van der Waals surface area contributed by atoms with Crippen molar-refractivity contribution in [1.82, 2.24) is 5.32 Å². The number of hydrogen-bond donors (Lipinski definition) is 1. The summed E-state index contributed by atoms with van der Waals surface area (Å²) >= 11 is 0. The first-order valence-electron chi connectivity index (χ1n) is 8.14. The molecule has 2 aromatic rings. The van der Waals surface area contributed by atoms with Gasteiger partial charge in [-0.1, -0.05) is 49.4 Å². The summed E-state index contributed by atoms with van der Waals surface area (Å²) in [4.78, 5) is 14.1. The first-order valence-corrected chi connectivity index (χ1v) is 8.14. The van der Waals surface area contributed by atoms with E-state index >= 15 is 0 Å². The van der Waals surface area contributed by atoms with Gasteiger partial charge < -0.3 is 10.2 Å². The van der Waals surface area contributed by atoms with Gasteiger partial charge in [-0.3, -0.25) is 4.79 Å². The Morgan fingerprint density at radius 3 is 2.30 bits per heavy atom. The zero-order chi connectivity index (χ0) is 16.7. The molecule has 1 amide bonds. The number of amides is 1. The van der Waals surface area contributed by atoms with Gasteiger partial charge in [-0.25, -0.2) is 0 Å². The Kier molecular flexibility index (Phi) is 6.21. The van der Waals surface area contributed by atoms with Crippen molar-refractivity contribution in [1.29, 1.82) is 0 Å². The Balaban J connectivity index is 1.74. The maximum atomic E-state index is 12.0. The quantitative estimate of drug-likeness (QED) is 0.847. The molecule has 0 radical (unpaired) electrons. The molecule has 0 aliphatic heterocycles. The lowest BCUT2D eigenvalue weighted by Gasteiger charge is -2.13. The van der Waals surface area contributed by atoms with E-state index in [0.717, 1.165) is 6.42 Å². The topological polar surface area (TPSA) is 32.3 Å². The zero-order valence-corrected chi connectivity index (χ0v) is 14.3. The number of hydrogen-bond acceptors (Lipinski definition) is 2. The maximum Gasteiger partial charge on any atom is 0.220 e. The van der Waals surface area contributed by atoms with Crippen molar-refractivity contribution in [3.8, 4) is 0 Å². The summed E-state index contributed by atoms with van der Waals surface area (Å²) in [6, 6.07) is 18.6. The Morgan fingerprint density at radius 2 is 1.70 bits per heavy atom. The van der Waals surface area contributed by atoms with Gasteiger partial charge in [0, 0.05) is 32.7 Å². The van der Waals surface area contributed by atoms with Crippen LogP contribution in [-0.2, 0) is 11.2 Å². The third-order valence-corrected chi connectivity index (χ3v) is 4.05. The van der Waals surface area contributed by atoms with E-state index < -0.39 is 0 Å². The highest BCUT2D eigenvalue weighted by atomic mass is 16.1. The van der Waals surface area contributed by atoms with E-state index in [1.54, 1.807) is 0 Å². The monoisotopic (exact) mass is 310 g/mol. The summed E-state index contributed by atoms with van der Waals surface area (Å²) in [5.74, 6) is 0.363. The Labute approximate surface area is 139 Å². The van der Waals surface area contributed by atoms with Crippen LogP contribution in [0.15, 0.2) is 54.6 Å². The lowest BCUT2D eigenvalue weighted by molar-refractivity contribution is -0.121. The Morgan fingerprint density at radius 1 is 1.04 bits per heavy atom. The predicted octanol–water partition coefficient (Wildman–Crippen LogP) is 3.61. The number of anilines is 1. The van der Waals surface area contributed by atoms with E-state index in [9.17, 15) is 4.79 Å². The van der Waals surface area contributed by atoms with Crippen molar-refractivity contribution in [3.05, 3.63) is 65.7 Å². The summed E-state index contributed by atoms with van der Waals surface area (Å²) in [6.07, 6.45) is 1.39. The molecule has 0 bridgehead atoms. The molecule has 0 heterocycles. The van der Waals surface area contributed by atoms with Crippen LogP contribution in [0.2, 0.25) is 0 Å². The van der Waals surface area contributed by atoms with Crippen LogP contribution in [0.3, 0.4) is 0 Å². The lowest BCUT2D eigenvalue weighted by Crippen LogP contribution is -2.26. The molecular formula is C20H26N2O. The molecule has 1 unspecified atom stereocenters. The van der Waals surface area contributed by atoms with Crippen LogP contribution < -0.4 is 10.2 Å². The van der Waals surface area contributed by atoms with Crippen molar-refractivity contribution >= 4 is 11.6 Å². The number of benzene rings is 2. The predicted molar refractivity (Wildman–Crippen MR) is 97.0 cm³/mol. The average molecular weight is 310 g/mol. The fourth-order valence-corrected chi connectivity index (χ4v) is 2.56. The zero-order valence-electron chi connectivity index (χ0n) is 14.3. The smallest absolute Gasteiger partial charge is 0.220 e. The third-order valence-electron chi connectivity index (χ3n) is 4.05. The van der Waals surface area contributed by atoms with E-state index in [1.807, 2.05) is 32.3 Å². The second-order valence-electron chi connectivity index (χ2n) is 6.18. The summed E-state index contributed by atoms with van der Waals surface area (Å²) in [7, 11) is 4.06. The van der Waals surface area contributed by atoms with Crippen LogP contribution in [0, 0.1) is 0 Å². The molecule has 1 atom stereocenters. The van der Waals surface area contributed by atoms with Crippen molar-refractivity contribution in [2.24, 2.45) is 0 Å². The Bertz CT molecular complexity index is 605. The van der Waals surface area contributed by atoms with Gasteiger partial charge in [0.1, 0.15) is 0 Å². The highest BCUT2D eigenvalue weighted by molar-refractivity contribution is 5.76. The van der Waals surface area contributed by atoms with Crippen LogP contribution in [0.25, 0.3) is 0 Å². The standard InChI is InChI=1S/C20H26N2O/c1-16(18-7-5-4-6-8-18)15-20(23)21-14-13-17-9-11-19(12-10-17)22(2)3/h4-12,16H,13-15H2,1-3H3,(H,21,23). The van der Waals surface area contributed by atoms with Crippen LogP contribution in [0.5, 0.6) is 0 Å². The van der Waals surface area contributed by atoms with Gasteiger partial charge in [0.05, 0.1) is 0 Å². The largest absolute Gasteiger partial charge is 0.378 e. The van der Waals surface area contributed by atoms with E-state index in [-0.39, 0.29) is 11.8 Å². The first-order chi connectivity index (χ1) is 11.1. The second kappa shape index (κ2) is 8.37. The summed E-state index contributed by atoms with van der Waals surface area (Å²) in [5, 5.41) is 3.02. The summed E-state index contributed by atoms with van der Waals surface area (Å²) in [5.41, 5.74) is 3.64. The van der Waals surface area contributed by atoms with E-state index in [2.05, 4.69) is 53.5 Å². The van der Waals surface area contributed by atoms with Gasteiger partial charge in [-0.2, -0.15) is 0 Å². The molecule has 0 saturated heterocycles. The van der Waals surface area contributed by atoms with Crippen LogP contribution in [-0.4, -0.2) is 26.5 Å². The number of carbonyl (C=O) groups is 1. The van der Waals surface area contributed by atoms with Crippen molar-refractivity contribution < 1.29 is 4.79 Å². The van der Waals surface area contributed by atoms with Gasteiger partial charge in [-0.15, -0.1) is 0 Å². The number of nitrogens with one attached hydrogen (secondary N) is 1. The van der Waals surface area contributed by atoms with Gasteiger partial charge in [-0.05, 0) is 35.6 Å². The molecule has 122 valence electrons. The molecule has 0 saturated carbocycles. The first kappa shape index (κ1) is 17.1. The minimum Gasteiger partial charge on any atom is -0.378 e. The number of carbonyl (C=O) groups excluding carboxylic acids is 1. The molecule has 0 fully saturated rings. The fraction of sp³-hybridized carbons (Fsp3) is 0.350. The molecule has 2 aromatic carbocycles. The molecule has 3 heteroatoms. The minimum absolute atomic E-state index is 0.117. The lowest BCUT2D eigenvalue weighted by atomic mass is 9.97. The maximum absolute atomic E-state index is 12.0. The molecule has 1 N–H and O–H groups in total. The normalized spacial score (nSPS) is 11.8. The van der Waals surface area contributed by atoms with Crippen LogP contribution >= 0.6 is 0 Å². The molecular weight excluding hydrogens is 284 g/mol. The molecule has 0 aliphatic carbocycles.